The average molecular weight is 315 g/mol. The molecule has 23 heavy (non-hydrogen) atoms. The molecular weight excluding hydrogens is 294 g/mol. The van der Waals surface area contributed by atoms with Crippen LogP contribution in [-0.2, 0) is 0 Å². The number of amides is 1. The van der Waals surface area contributed by atoms with Gasteiger partial charge >= 0.3 is 0 Å². The van der Waals surface area contributed by atoms with Crippen LogP contribution in [0.25, 0.3) is 0 Å². The zero-order valence-corrected chi connectivity index (χ0v) is 13.6. The standard InChI is InChI=1S/C17H21N3O3/c1-12(2)15-8-9-16(20-19-15)17(21)18-10-11-23-14-6-4-13(22-3)5-7-14/h4-9,12H,10-11H2,1-3H3,(H,18,21). The van der Waals surface area contributed by atoms with Crippen LogP contribution in [0.3, 0.4) is 0 Å². The van der Waals surface area contributed by atoms with Crippen LogP contribution in [0.15, 0.2) is 36.4 Å². The summed E-state index contributed by atoms with van der Waals surface area (Å²) < 4.78 is 10.6. The van der Waals surface area contributed by atoms with Crippen molar-refractivity contribution in [1.82, 2.24) is 15.5 Å². The van der Waals surface area contributed by atoms with E-state index in [1.165, 1.54) is 0 Å². The Bertz CT molecular complexity index is 625. The van der Waals surface area contributed by atoms with Gasteiger partial charge in [-0.25, -0.2) is 0 Å². The highest BCUT2D eigenvalue weighted by atomic mass is 16.5. The van der Waals surface area contributed by atoms with Gasteiger partial charge in [0, 0.05) is 0 Å². The molecule has 0 aliphatic carbocycles. The van der Waals surface area contributed by atoms with E-state index >= 15 is 0 Å². The molecule has 0 radical (unpaired) electrons. The summed E-state index contributed by atoms with van der Waals surface area (Å²) in [6, 6.07) is 10.8. The molecule has 0 unspecified atom stereocenters. The van der Waals surface area contributed by atoms with Crippen molar-refractivity contribution in [2.75, 3.05) is 20.3 Å². The van der Waals surface area contributed by atoms with Crippen LogP contribution in [-0.4, -0.2) is 36.4 Å². The van der Waals surface area contributed by atoms with E-state index in [4.69, 9.17) is 9.47 Å². The van der Waals surface area contributed by atoms with Crippen molar-refractivity contribution in [2.24, 2.45) is 0 Å². The zero-order chi connectivity index (χ0) is 16.7. The quantitative estimate of drug-likeness (QED) is 0.794. The van der Waals surface area contributed by atoms with Crippen LogP contribution < -0.4 is 14.8 Å². The molecule has 122 valence electrons. The number of nitrogens with zero attached hydrogens (tertiary/aromatic N) is 2. The Hall–Kier alpha value is -2.63. The maximum atomic E-state index is 11.9. The second-order valence-corrected chi connectivity index (χ2v) is 5.28. The molecule has 1 amide bonds. The van der Waals surface area contributed by atoms with Crippen LogP contribution in [0.4, 0.5) is 0 Å². The van der Waals surface area contributed by atoms with Gasteiger partial charge in [-0.2, -0.15) is 5.10 Å². The van der Waals surface area contributed by atoms with Gasteiger partial charge in [0.2, 0.25) is 0 Å². The number of carbonyl (C=O) groups excluding carboxylic acids is 1. The van der Waals surface area contributed by atoms with Crippen molar-refractivity contribution < 1.29 is 14.3 Å². The second kappa shape index (κ2) is 8.12. The van der Waals surface area contributed by atoms with Gasteiger partial charge in [0.05, 0.1) is 19.3 Å². The fraction of sp³-hybridized carbons (Fsp3) is 0.353. The Kier molecular flexibility index (Phi) is 5.91. The van der Waals surface area contributed by atoms with Gasteiger partial charge in [0.25, 0.3) is 5.91 Å². The van der Waals surface area contributed by atoms with Gasteiger partial charge in [-0.05, 0) is 42.3 Å². The van der Waals surface area contributed by atoms with Crippen molar-refractivity contribution in [1.29, 1.82) is 0 Å². The number of ether oxygens (including phenoxy) is 2. The van der Waals surface area contributed by atoms with Crippen molar-refractivity contribution in [3.05, 3.63) is 47.8 Å². The summed E-state index contributed by atoms with van der Waals surface area (Å²) in [5, 5.41) is 10.7. The lowest BCUT2D eigenvalue weighted by atomic mass is 10.1. The van der Waals surface area contributed by atoms with E-state index in [1.807, 2.05) is 44.2 Å². The number of hydrogen-bond acceptors (Lipinski definition) is 5. The molecule has 2 aromatic rings. The minimum Gasteiger partial charge on any atom is -0.497 e. The van der Waals surface area contributed by atoms with Gasteiger partial charge in [0.1, 0.15) is 18.1 Å². The van der Waals surface area contributed by atoms with Gasteiger partial charge < -0.3 is 14.8 Å². The third-order valence-corrected chi connectivity index (χ3v) is 3.23. The fourth-order valence-corrected chi connectivity index (χ4v) is 1.87. The molecule has 6 heteroatoms. The van der Waals surface area contributed by atoms with Crippen molar-refractivity contribution in [3.63, 3.8) is 0 Å². The summed E-state index contributed by atoms with van der Waals surface area (Å²) in [4.78, 5) is 11.9. The van der Waals surface area contributed by atoms with E-state index in [1.54, 1.807) is 13.2 Å². The molecule has 6 nitrogen and oxygen atoms in total. The Morgan fingerprint density at radius 2 is 1.78 bits per heavy atom. The molecule has 0 spiro atoms. The molecule has 1 N–H and O–H groups in total. The van der Waals surface area contributed by atoms with Gasteiger partial charge in [-0.1, -0.05) is 13.8 Å². The number of rotatable bonds is 7. The largest absolute Gasteiger partial charge is 0.497 e. The Morgan fingerprint density at radius 3 is 2.35 bits per heavy atom. The molecule has 0 aliphatic rings. The SMILES string of the molecule is COc1ccc(OCCNC(=O)c2ccc(C(C)C)nn2)cc1. The summed E-state index contributed by atoms with van der Waals surface area (Å²) in [7, 11) is 1.61. The zero-order valence-electron chi connectivity index (χ0n) is 13.6. The van der Waals surface area contributed by atoms with E-state index in [0.717, 1.165) is 17.2 Å². The first-order chi connectivity index (χ1) is 11.1. The number of carbonyl (C=O) groups is 1. The van der Waals surface area contributed by atoms with Crippen LogP contribution >= 0.6 is 0 Å². The minimum atomic E-state index is -0.258. The smallest absolute Gasteiger partial charge is 0.271 e. The van der Waals surface area contributed by atoms with Crippen molar-refractivity contribution in [2.45, 2.75) is 19.8 Å². The first kappa shape index (κ1) is 16.7. The Morgan fingerprint density at radius 1 is 1.09 bits per heavy atom. The van der Waals surface area contributed by atoms with E-state index in [2.05, 4.69) is 15.5 Å². The molecule has 0 atom stereocenters. The summed E-state index contributed by atoms with van der Waals surface area (Å²) >= 11 is 0. The molecule has 0 aliphatic heterocycles. The lowest BCUT2D eigenvalue weighted by molar-refractivity contribution is 0.0941. The maximum absolute atomic E-state index is 11.9. The molecular formula is C17H21N3O3. The monoisotopic (exact) mass is 315 g/mol. The second-order valence-electron chi connectivity index (χ2n) is 5.28. The van der Waals surface area contributed by atoms with Crippen molar-refractivity contribution >= 4 is 5.91 Å². The fourth-order valence-electron chi connectivity index (χ4n) is 1.87. The lowest BCUT2D eigenvalue weighted by Crippen LogP contribution is -2.29. The molecule has 1 aromatic heterocycles. The van der Waals surface area contributed by atoms with Crippen LogP contribution in [0.1, 0.15) is 35.9 Å². The molecule has 0 saturated carbocycles. The van der Waals surface area contributed by atoms with Crippen LogP contribution in [0, 0.1) is 0 Å². The number of nitrogens with one attached hydrogen (secondary N) is 1. The van der Waals surface area contributed by atoms with E-state index < -0.39 is 0 Å². The number of hydrogen-bond donors (Lipinski definition) is 1. The Labute approximate surface area is 135 Å². The van der Waals surface area contributed by atoms with Crippen molar-refractivity contribution in [3.8, 4) is 11.5 Å². The molecule has 1 heterocycles. The van der Waals surface area contributed by atoms with E-state index in [0.29, 0.717) is 18.8 Å². The predicted octanol–water partition coefficient (Wildman–Crippen LogP) is 2.42. The predicted molar refractivity (Wildman–Crippen MR) is 86.9 cm³/mol. The molecule has 0 fully saturated rings. The summed E-state index contributed by atoms with van der Waals surface area (Å²) in [6.45, 7) is 4.81. The highest BCUT2D eigenvalue weighted by Crippen LogP contribution is 2.16. The third-order valence-electron chi connectivity index (χ3n) is 3.23. The highest BCUT2D eigenvalue weighted by molar-refractivity contribution is 5.91. The number of benzene rings is 1. The van der Waals surface area contributed by atoms with E-state index in [9.17, 15) is 4.79 Å². The first-order valence-electron chi connectivity index (χ1n) is 7.49. The first-order valence-corrected chi connectivity index (χ1v) is 7.49. The van der Waals surface area contributed by atoms with Crippen LogP contribution in [0.2, 0.25) is 0 Å². The van der Waals surface area contributed by atoms with Gasteiger partial charge in [0.15, 0.2) is 5.69 Å². The minimum absolute atomic E-state index is 0.258. The topological polar surface area (TPSA) is 73.3 Å². The van der Waals surface area contributed by atoms with Gasteiger partial charge in [-0.3, -0.25) is 4.79 Å². The lowest BCUT2D eigenvalue weighted by Gasteiger charge is -2.08. The highest BCUT2D eigenvalue weighted by Gasteiger charge is 2.09. The third kappa shape index (κ3) is 4.95. The van der Waals surface area contributed by atoms with E-state index in [-0.39, 0.29) is 11.8 Å². The van der Waals surface area contributed by atoms with Crippen LogP contribution in [0.5, 0.6) is 11.5 Å². The molecule has 2 rings (SSSR count). The molecule has 0 bridgehead atoms. The Balaban J connectivity index is 1.75. The number of aromatic nitrogens is 2. The summed E-state index contributed by atoms with van der Waals surface area (Å²) in [5.41, 5.74) is 1.17. The summed E-state index contributed by atoms with van der Waals surface area (Å²) in [6.07, 6.45) is 0. The normalized spacial score (nSPS) is 10.4. The number of methoxy groups -OCH3 is 1. The molecule has 0 saturated heterocycles. The average Bonchev–Trinajstić information content (AvgIpc) is 2.59. The van der Waals surface area contributed by atoms with Gasteiger partial charge in [-0.15, -0.1) is 5.10 Å². The maximum Gasteiger partial charge on any atom is 0.271 e. The summed E-state index contributed by atoms with van der Waals surface area (Å²) in [5.74, 6) is 1.53. The molecule has 1 aromatic carbocycles.